The topological polar surface area (TPSA) is 78.7 Å². The summed E-state index contributed by atoms with van der Waals surface area (Å²) in [5.74, 6) is -0.353. The second-order valence-electron chi connectivity index (χ2n) is 5.83. The molecule has 130 valence electrons. The number of carbonyl (C=O) groups excluding carboxylic acids is 2. The fraction of sp³-hybridized carbons (Fsp3) is 0.222. The molecule has 3 rings (SSSR count). The van der Waals surface area contributed by atoms with E-state index in [1.165, 1.54) is 12.1 Å². The molecule has 3 amide bonds. The van der Waals surface area contributed by atoms with Crippen LogP contribution in [0.15, 0.2) is 48.5 Å². The van der Waals surface area contributed by atoms with Crippen LogP contribution in [-0.4, -0.2) is 43.0 Å². The third-order valence-corrected chi connectivity index (χ3v) is 4.14. The van der Waals surface area contributed by atoms with Crippen LogP contribution in [0.4, 0.5) is 20.6 Å². The molecule has 0 aliphatic carbocycles. The Morgan fingerprint density at radius 2 is 1.68 bits per heavy atom. The summed E-state index contributed by atoms with van der Waals surface area (Å²) in [5.41, 5.74) is 7.04. The smallest absolute Gasteiger partial charge is 0.316 e. The molecule has 1 aliphatic rings. The number of anilines is 2. The van der Waals surface area contributed by atoms with Gasteiger partial charge in [-0.25, -0.2) is 9.18 Å². The molecule has 0 bridgehead atoms. The van der Waals surface area contributed by atoms with Gasteiger partial charge in [0.1, 0.15) is 5.82 Å². The summed E-state index contributed by atoms with van der Waals surface area (Å²) in [5, 5.41) is 2.47. The normalized spacial score (nSPS) is 14.3. The van der Waals surface area contributed by atoms with Crippen LogP contribution in [0.3, 0.4) is 0 Å². The van der Waals surface area contributed by atoms with Crippen LogP contribution in [0.5, 0.6) is 0 Å². The van der Waals surface area contributed by atoms with Gasteiger partial charge in [0.25, 0.3) is 5.91 Å². The molecule has 0 saturated carbocycles. The Bertz CT molecular complexity index is 771. The van der Waals surface area contributed by atoms with Crippen LogP contribution < -0.4 is 16.0 Å². The molecule has 25 heavy (non-hydrogen) atoms. The third-order valence-electron chi connectivity index (χ3n) is 4.14. The van der Waals surface area contributed by atoms with Gasteiger partial charge in [0, 0.05) is 43.1 Å². The van der Waals surface area contributed by atoms with Gasteiger partial charge in [-0.3, -0.25) is 4.79 Å². The van der Waals surface area contributed by atoms with Crippen molar-refractivity contribution in [2.75, 3.05) is 36.4 Å². The first-order valence-corrected chi connectivity index (χ1v) is 7.99. The average molecular weight is 342 g/mol. The minimum atomic E-state index is -0.669. The van der Waals surface area contributed by atoms with E-state index < -0.39 is 6.03 Å². The van der Waals surface area contributed by atoms with E-state index in [-0.39, 0.29) is 11.7 Å². The van der Waals surface area contributed by atoms with Gasteiger partial charge >= 0.3 is 6.03 Å². The zero-order valence-electron chi connectivity index (χ0n) is 13.6. The SMILES string of the molecule is NC(=O)Nc1cccc(C(=O)N2CCN(c3ccc(F)cc3)CC2)c1. The quantitative estimate of drug-likeness (QED) is 0.898. The number of hydrogen-bond acceptors (Lipinski definition) is 3. The summed E-state index contributed by atoms with van der Waals surface area (Å²) >= 11 is 0. The number of urea groups is 1. The van der Waals surface area contributed by atoms with Gasteiger partial charge in [0.2, 0.25) is 0 Å². The van der Waals surface area contributed by atoms with E-state index in [1.807, 2.05) is 0 Å². The lowest BCUT2D eigenvalue weighted by molar-refractivity contribution is 0.0747. The van der Waals surface area contributed by atoms with Crippen LogP contribution in [0.2, 0.25) is 0 Å². The van der Waals surface area contributed by atoms with E-state index in [4.69, 9.17) is 5.73 Å². The molecule has 0 unspecified atom stereocenters. The van der Waals surface area contributed by atoms with E-state index in [1.54, 1.807) is 41.3 Å². The summed E-state index contributed by atoms with van der Waals surface area (Å²) in [6.45, 7) is 2.50. The number of benzene rings is 2. The van der Waals surface area contributed by atoms with E-state index in [2.05, 4.69) is 10.2 Å². The fourth-order valence-electron chi connectivity index (χ4n) is 2.87. The standard InChI is InChI=1S/C18H19FN4O2/c19-14-4-6-16(7-5-14)22-8-10-23(11-9-22)17(24)13-2-1-3-15(12-13)21-18(20)25/h1-7,12H,8-11H2,(H3,20,21,25). The van der Waals surface area contributed by atoms with E-state index in [0.29, 0.717) is 37.4 Å². The van der Waals surface area contributed by atoms with Crippen LogP contribution in [-0.2, 0) is 0 Å². The molecule has 1 heterocycles. The van der Waals surface area contributed by atoms with Crippen LogP contribution in [0.1, 0.15) is 10.4 Å². The van der Waals surface area contributed by atoms with Crippen molar-refractivity contribution < 1.29 is 14.0 Å². The molecule has 0 aromatic heterocycles. The number of nitrogens with zero attached hydrogens (tertiary/aromatic N) is 2. The molecule has 2 aromatic carbocycles. The van der Waals surface area contributed by atoms with Gasteiger partial charge in [0.15, 0.2) is 0 Å². The first-order valence-electron chi connectivity index (χ1n) is 7.99. The minimum Gasteiger partial charge on any atom is -0.368 e. The predicted molar refractivity (Wildman–Crippen MR) is 94.2 cm³/mol. The van der Waals surface area contributed by atoms with Gasteiger partial charge in [-0.2, -0.15) is 0 Å². The van der Waals surface area contributed by atoms with Gasteiger partial charge in [-0.05, 0) is 42.5 Å². The molecule has 1 saturated heterocycles. The summed E-state index contributed by atoms with van der Waals surface area (Å²) in [6.07, 6.45) is 0. The summed E-state index contributed by atoms with van der Waals surface area (Å²) in [6, 6.07) is 12.4. The molecule has 0 spiro atoms. The Morgan fingerprint density at radius 3 is 2.32 bits per heavy atom. The Balaban J connectivity index is 1.63. The number of primary amides is 1. The van der Waals surface area contributed by atoms with Gasteiger partial charge in [-0.1, -0.05) is 6.07 Å². The number of carbonyl (C=O) groups is 2. The molecule has 7 heteroatoms. The first kappa shape index (κ1) is 16.8. The molecule has 0 atom stereocenters. The van der Waals surface area contributed by atoms with Gasteiger partial charge < -0.3 is 20.9 Å². The monoisotopic (exact) mass is 342 g/mol. The van der Waals surface area contributed by atoms with Crippen molar-refractivity contribution in [2.45, 2.75) is 0 Å². The van der Waals surface area contributed by atoms with Crippen LogP contribution >= 0.6 is 0 Å². The van der Waals surface area contributed by atoms with E-state index in [9.17, 15) is 14.0 Å². The number of nitrogens with two attached hydrogens (primary N) is 1. The second-order valence-corrected chi connectivity index (χ2v) is 5.83. The molecule has 1 fully saturated rings. The molecular formula is C18H19FN4O2. The zero-order chi connectivity index (χ0) is 17.8. The van der Waals surface area contributed by atoms with Gasteiger partial charge in [0.05, 0.1) is 0 Å². The van der Waals surface area contributed by atoms with Crippen molar-refractivity contribution in [1.29, 1.82) is 0 Å². The summed E-state index contributed by atoms with van der Waals surface area (Å²) in [7, 11) is 0. The molecular weight excluding hydrogens is 323 g/mol. The maximum atomic E-state index is 13.0. The maximum absolute atomic E-state index is 13.0. The van der Waals surface area contributed by atoms with E-state index >= 15 is 0 Å². The second kappa shape index (κ2) is 7.21. The lowest BCUT2D eigenvalue weighted by Gasteiger charge is -2.36. The number of amides is 3. The fourth-order valence-corrected chi connectivity index (χ4v) is 2.87. The average Bonchev–Trinajstić information content (AvgIpc) is 2.62. The number of rotatable bonds is 3. The molecule has 1 aliphatic heterocycles. The minimum absolute atomic E-state index is 0.0909. The Morgan fingerprint density at radius 1 is 1.00 bits per heavy atom. The van der Waals surface area contributed by atoms with Crippen molar-refractivity contribution in [3.63, 3.8) is 0 Å². The first-order chi connectivity index (χ1) is 12.0. The maximum Gasteiger partial charge on any atom is 0.316 e. The highest BCUT2D eigenvalue weighted by molar-refractivity contribution is 5.96. The van der Waals surface area contributed by atoms with Crippen LogP contribution in [0.25, 0.3) is 0 Å². The largest absolute Gasteiger partial charge is 0.368 e. The van der Waals surface area contributed by atoms with E-state index in [0.717, 1.165) is 5.69 Å². The van der Waals surface area contributed by atoms with Crippen molar-refractivity contribution in [2.24, 2.45) is 5.73 Å². The highest BCUT2D eigenvalue weighted by Gasteiger charge is 2.22. The summed E-state index contributed by atoms with van der Waals surface area (Å²) in [4.78, 5) is 27.5. The highest BCUT2D eigenvalue weighted by Crippen LogP contribution is 2.19. The Labute approximate surface area is 145 Å². The molecule has 2 aromatic rings. The summed E-state index contributed by atoms with van der Waals surface area (Å²) < 4.78 is 13.0. The lowest BCUT2D eigenvalue weighted by Crippen LogP contribution is -2.48. The number of hydrogen-bond donors (Lipinski definition) is 2. The Hall–Kier alpha value is -3.09. The van der Waals surface area contributed by atoms with Crippen molar-refractivity contribution in [3.8, 4) is 0 Å². The van der Waals surface area contributed by atoms with Crippen LogP contribution in [0, 0.1) is 5.82 Å². The van der Waals surface area contributed by atoms with Gasteiger partial charge in [-0.15, -0.1) is 0 Å². The highest BCUT2D eigenvalue weighted by atomic mass is 19.1. The van der Waals surface area contributed by atoms with Crippen molar-refractivity contribution >= 4 is 23.3 Å². The zero-order valence-corrected chi connectivity index (χ0v) is 13.6. The van der Waals surface area contributed by atoms with Crippen molar-refractivity contribution in [1.82, 2.24) is 4.90 Å². The molecule has 6 nitrogen and oxygen atoms in total. The number of nitrogens with one attached hydrogen (secondary N) is 1. The predicted octanol–water partition coefficient (Wildman–Crippen LogP) is 2.28. The number of piperazine rings is 1. The molecule has 0 radical (unpaired) electrons. The third kappa shape index (κ3) is 4.06. The molecule has 3 N–H and O–H groups in total. The van der Waals surface area contributed by atoms with Crippen molar-refractivity contribution in [3.05, 3.63) is 59.9 Å². The Kier molecular flexibility index (Phi) is 4.83. The number of halogens is 1. The lowest BCUT2D eigenvalue weighted by atomic mass is 10.1.